The van der Waals surface area contributed by atoms with Crippen molar-refractivity contribution >= 4 is 17.2 Å². The van der Waals surface area contributed by atoms with Crippen molar-refractivity contribution in [2.75, 3.05) is 24.1 Å². The van der Waals surface area contributed by atoms with Gasteiger partial charge in [0.15, 0.2) is 0 Å². The Labute approximate surface area is 138 Å². The van der Waals surface area contributed by atoms with E-state index in [9.17, 15) is 0 Å². The van der Waals surface area contributed by atoms with E-state index in [0.717, 1.165) is 23.7 Å². The molecule has 1 aromatic carbocycles. The molecule has 0 unspecified atom stereocenters. The van der Waals surface area contributed by atoms with E-state index < -0.39 is 0 Å². The third kappa shape index (κ3) is 4.02. The van der Waals surface area contributed by atoms with Gasteiger partial charge in [-0.05, 0) is 67.2 Å². The first-order chi connectivity index (χ1) is 11.1. The van der Waals surface area contributed by atoms with Crippen LogP contribution < -0.4 is 11.1 Å². The second-order valence-electron chi connectivity index (χ2n) is 6.66. The Kier molecular flexibility index (Phi) is 4.82. The molecule has 23 heavy (non-hydrogen) atoms. The summed E-state index contributed by atoms with van der Waals surface area (Å²) in [4.78, 5) is 7.13. The van der Waals surface area contributed by atoms with Crippen LogP contribution >= 0.6 is 0 Å². The molecule has 0 radical (unpaired) electrons. The van der Waals surface area contributed by atoms with Gasteiger partial charge in [-0.1, -0.05) is 19.9 Å². The Balaban J connectivity index is 1.80. The number of hydrogen-bond donors (Lipinski definition) is 2. The zero-order valence-electron chi connectivity index (χ0n) is 14.0. The molecule has 1 aromatic heterocycles. The first kappa shape index (κ1) is 15.8. The van der Waals surface area contributed by atoms with Gasteiger partial charge in [-0.25, -0.2) is 4.98 Å². The molecule has 0 bridgehead atoms. The number of benzene rings is 1. The van der Waals surface area contributed by atoms with E-state index in [1.165, 1.54) is 37.1 Å². The zero-order chi connectivity index (χ0) is 16.2. The van der Waals surface area contributed by atoms with Crippen LogP contribution in [0.3, 0.4) is 0 Å². The maximum Gasteiger partial charge on any atom is 0.130 e. The number of anilines is 3. The quantitative estimate of drug-likeness (QED) is 0.815. The number of rotatable bonds is 5. The fourth-order valence-electron chi connectivity index (χ4n) is 3.18. The lowest BCUT2D eigenvalue weighted by Crippen LogP contribution is -2.19. The molecular formula is C19H26N4. The molecule has 0 saturated carbocycles. The predicted octanol–water partition coefficient (Wildman–Crippen LogP) is 4.13. The highest BCUT2D eigenvalue weighted by Crippen LogP contribution is 2.26. The van der Waals surface area contributed by atoms with E-state index in [1.807, 2.05) is 30.5 Å². The Morgan fingerprint density at radius 3 is 2.70 bits per heavy atom. The number of nitrogen functional groups attached to an aromatic ring is 1. The van der Waals surface area contributed by atoms with Crippen LogP contribution in [-0.2, 0) is 6.54 Å². The Bertz CT molecular complexity index is 660. The first-order valence-electron chi connectivity index (χ1n) is 8.45. The summed E-state index contributed by atoms with van der Waals surface area (Å²) in [5.41, 5.74) is 10.3. The summed E-state index contributed by atoms with van der Waals surface area (Å²) in [7, 11) is 0. The molecule has 122 valence electrons. The van der Waals surface area contributed by atoms with Gasteiger partial charge in [-0.2, -0.15) is 0 Å². The lowest BCUT2D eigenvalue weighted by Gasteiger charge is -2.20. The van der Waals surface area contributed by atoms with Crippen molar-refractivity contribution in [1.29, 1.82) is 0 Å². The smallest absolute Gasteiger partial charge is 0.130 e. The highest BCUT2D eigenvalue weighted by atomic mass is 15.1. The van der Waals surface area contributed by atoms with Crippen LogP contribution in [0.4, 0.5) is 17.2 Å². The molecule has 2 heterocycles. The molecule has 1 aliphatic heterocycles. The summed E-state index contributed by atoms with van der Waals surface area (Å²) in [6, 6.07) is 9.94. The molecule has 2 aromatic rings. The van der Waals surface area contributed by atoms with Crippen LogP contribution in [0.25, 0.3) is 0 Å². The van der Waals surface area contributed by atoms with Crippen molar-refractivity contribution in [3.63, 3.8) is 0 Å². The van der Waals surface area contributed by atoms with Crippen LogP contribution in [0.15, 0.2) is 36.5 Å². The summed E-state index contributed by atoms with van der Waals surface area (Å²) >= 11 is 0. The van der Waals surface area contributed by atoms with E-state index in [1.54, 1.807) is 0 Å². The molecule has 0 spiro atoms. The van der Waals surface area contributed by atoms with Gasteiger partial charge in [0.1, 0.15) is 5.82 Å². The summed E-state index contributed by atoms with van der Waals surface area (Å²) in [5, 5.41) is 3.36. The molecule has 0 amide bonds. The molecule has 1 aliphatic rings. The summed E-state index contributed by atoms with van der Waals surface area (Å²) in [5.74, 6) is 1.36. The Morgan fingerprint density at radius 1 is 1.22 bits per heavy atom. The van der Waals surface area contributed by atoms with Crippen molar-refractivity contribution in [3.8, 4) is 0 Å². The fourth-order valence-corrected chi connectivity index (χ4v) is 3.18. The predicted molar refractivity (Wildman–Crippen MR) is 97.0 cm³/mol. The first-order valence-corrected chi connectivity index (χ1v) is 8.45. The normalized spacial score (nSPS) is 15.3. The number of pyridine rings is 1. The average Bonchev–Trinajstić information content (AvgIpc) is 3.01. The Morgan fingerprint density at radius 2 is 2.00 bits per heavy atom. The second kappa shape index (κ2) is 7.01. The second-order valence-corrected chi connectivity index (χ2v) is 6.66. The summed E-state index contributed by atoms with van der Waals surface area (Å²) < 4.78 is 0. The van der Waals surface area contributed by atoms with E-state index in [4.69, 9.17) is 5.73 Å². The minimum absolute atomic E-state index is 0.483. The molecule has 3 N–H and O–H groups in total. The van der Waals surface area contributed by atoms with Gasteiger partial charge < -0.3 is 11.1 Å². The van der Waals surface area contributed by atoms with Crippen molar-refractivity contribution < 1.29 is 0 Å². The fraction of sp³-hybridized carbons (Fsp3) is 0.421. The molecule has 0 aliphatic carbocycles. The standard InChI is InChI=1S/C19H26N4/c1-14(2)18-11-19(22-17-7-5-6-16(20)10-17)21-12-15(18)13-23-8-3-4-9-23/h5-7,10-12,14H,3-4,8-9,13,20H2,1-2H3,(H,21,22). The van der Waals surface area contributed by atoms with Gasteiger partial charge in [0, 0.05) is 24.1 Å². The van der Waals surface area contributed by atoms with Gasteiger partial charge in [0.05, 0.1) is 0 Å². The van der Waals surface area contributed by atoms with E-state index in [0.29, 0.717) is 5.92 Å². The number of nitrogens with one attached hydrogen (secondary N) is 1. The maximum absolute atomic E-state index is 5.84. The van der Waals surface area contributed by atoms with E-state index >= 15 is 0 Å². The highest BCUT2D eigenvalue weighted by molar-refractivity contribution is 5.62. The minimum atomic E-state index is 0.483. The molecular weight excluding hydrogens is 284 g/mol. The molecule has 1 fully saturated rings. The number of aromatic nitrogens is 1. The largest absolute Gasteiger partial charge is 0.399 e. The van der Waals surface area contributed by atoms with Gasteiger partial charge in [-0.3, -0.25) is 4.90 Å². The van der Waals surface area contributed by atoms with Crippen LogP contribution in [-0.4, -0.2) is 23.0 Å². The maximum atomic E-state index is 5.84. The zero-order valence-corrected chi connectivity index (χ0v) is 14.0. The molecule has 1 saturated heterocycles. The number of nitrogens with two attached hydrogens (primary N) is 1. The SMILES string of the molecule is CC(C)c1cc(Nc2cccc(N)c2)ncc1CN1CCCC1. The molecule has 4 heteroatoms. The van der Waals surface area contributed by atoms with E-state index in [-0.39, 0.29) is 0 Å². The topological polar surface area (TPSA) is 54.2 Å². The van der Waals surface area contributed by atoms with Crippen LogP contribution in [0.5, 0.6) is 0 Å². The third-order valence-corrected chi connectivity index (χ3v) is 4.40. The number of hydrogen-bond acceptors (Lipinski definition) is 4. The molecule has 3 rings (SSSR count). The Hall–Kier alpha value is -2.07. The van der Waals surface area contributed by atoms with Gasteiger partial charge in [0.2, 0.25) is 0 Å². The van der Waals surface area contributed by atoms with E-state index in [2.05, 4.69) is 35.1 Å². The van der Waals surface area contributed by atoms with Crippen LogP contribution in [0, 0.1) is 0 Å². The van der Waals surface area contributed by atoms with Crippen molar-refractivity contribution in [1.82, 2.24) is 9.88 Å². The van der Waals surface area contributed by atoms with Gasteiger partial charge in [0.25, 0.3) is 0 Å². The van der Waals surface area contributed by atoms with Gasteiger partial charge >= 0.3 is 0 Å². The average molecular weight is 310 g/mol. The van der Waals surface area contributed by atoms with Crippen molar-refractivity contribution in [3.05, 3.63) is 47.7 Å². The minimum Gasteiger partial charge on any atom is -0.399 e. The third-order valence-electron chi connectivity index (χ3n) is 4.40. The number of likely N-dealkylation sites (tertiary alicyclic amines) is 1. The monoisotopic (exact) mass is 310 g/mol. The van der Waals surface area contributed by atoms with Crippen molar-refractivity contribution in [2.45, 2.75) is 39.2 Å². The van der Waals surface area contributed by atoms with Crippen molar-refractivity contribution in [2.24, 2.45) is 0 Å². The lowest BCUT2D eigenvalue weighted by atomic mass is 9.98. The molecule has 4 nitrogen and oxygen atoms in total. The number of nitrogens with zero attached hydrogens (tertiary/aromatic N) is 2. The highest BCUT2D eigenvalue weighted by Gasteiger charge is 2.16. The van der Waals surface area contributed by atoms with Gasteiger partial charge in [-0.15, -0.1) is 0 Å². The lowest BCUT2D eigenvalue weighted by molar-refractivity contribution is 0.329. The summed E-state index contributed by atoms with van der Waals surface area (Å²) in [6.07, 6.45) is 4.67. The van der Waals surface area contributed by atoms with Crippen LogP contribution in [0.2, 0.25) is 0 Å². The van der Waals surface area contributed by atoms with Crippen LogP contribution in [0.1, 0.15) is 43.7 Å². The molecule has 0 atom stereocenters. The summed E-state index contributed by atoms with van der Waals surface area (Å²) in [6.45, 7) is 7.92.